The molecule has 0 radical (unpaired) electrons. The van der Waals surface area contributed by atoms with Gasteiger partial charge < -0.3 is 20.5 Å². The minimum atomic E-state index is -0.235. The van der Waals surface area contributed by atoms with E-state index >= 15 is 0 Å². The Morgan fingerprint density at radius 3 is 2.62 bits per heavy atom. The molecule has 2 aromatic heterocycles. The lowest BCUT2D eigenvalue weighted by molar-refractivity contribution is 0.170. The van der Waals surface area contributed by atoms with Gasteiger partial charge in [-0.1, -0.05) is 51.1 Å². The number of ether oxygens (including phenoxy) is 1. The number of hydrogen-bond donors (Lipinski definition) is 3. The van der Waals surface area contributed by atoms with Crippen LogP contribution in [0, 0.1) is 0 Å². The van der Waals surface area contributed by atoms with Crippen LogP contribution in [0.1, 0.15) is 93.6 Å². The van der Waals surface area contributed by atoms with Crippen molar-refractivity contribution >= 4 is 17.4 Å². The summed E-state index contributed by atoms with van der Waals surface area (Å²) in [6.07, 6.45) is 5.56. The number of urea groups is 1. The highest BCUT2D eigenvalue weighted by Gasteiger charge is 2.40. The highest BCUT2D eigenvalue weighted by molar-refractivity contribution is 5.89. The number of carbonyl (C=O) groups excluding carboxylic acids is 1. The lowest BCUT2D eigenvalue weighted by Gasteiger charge is -2.32. The van der Waals surface area contributed by atoms with Crippen LogP contribution in [0.5, 0.6) is 5.75 Å². The van der Waals surface area contributed by atoms with Crippen molar-refractivity contribution < 1.29 is 14.6 Å². The van der Waals surface area contributed by atoms with Crippen LogP contribution in [0.2, 0.25) is 0 Å². The number of aliphatic hydroxyl groups excluding tert-OH is 1. The summed E-state index contributed by atoms with van der Waals surface area (Å²) in [4.78, 5) is 17.9. The number of fused-ring (bicyclic) bond motifs is 2. The van der Waals surface area contributed by atoms with Crippen molar-refractivity contribution in [2.24, 2.45) is 0 Å². The average molecular weight is 640 g/mol. The highest BCUT2D eigenvalue weighted by Crippen LogP contribution is 2.40. The quantitative estimate of drug-likeness (QED) is 0.201. The molecular formula is C37H49N7O3. The van der Waals surface area contributed by atoms with E-state index in [1.54, 1.807) is 0 Å². The first-order chi connectivity index (χ1) is 22.4. The summed E-state index contributed by atoms with van der Waals surface area (Å²) in [5, 5.41) is 24.7. The Balaban J connectivity index is 1.18. The SMILES string of the molecule is CN(CCO)Cc1cc(NC(=O)N[C@H]2CC[C@@H](Oc3ccc4nnc(C5(C)CCCN5C)n4c3)c3ccccc32)cc(C(C)(C)C)c1. The Bertz CT molecular complexity index is 1730. The van der Waals surface area contributed by atoms with E-state index in [1.165, 1.54) is 0 Å². The maximum atomic E-state index is 13.4. The minimum absolute atomic E-state index is 0.0823. The number of pyridine rings is 1. The third-order valence-corrected chi connectivity index (χ3v) is 9.93. The molecule has 1 fully saturated rings. The van der Waals surface area contributed by atoms with Crippen LogP contribution in [0.15, 0.2) is 60.8 Å². The number of benzene rings is 2. The molecule has 10 heteroatoms. The first-order valence-electron chi connectivity index (χ1n) is 16.8. The molecular weight excluding hydrogens is 590 g/mol. The molecule has 6 rings (SSSR count). The summed E-state index contributed by atoms with van der Waals surface area (Å²) in [5.74, 6) is 1.71. The molecule has 1 aliphatic heterocycles. The summed E-state index contributed by atoms with van der Waals surface area (Å²) in [6, 6.07) is 18.1. The number of rotatable bonds is 9. The fourth-order valence-electron chi connectivity index (χ4n) is 7.05. The van der Waals surface area contributed by atoms with Gasteiger partial charge in [0.2, 0.25) is 0 Å². The van der Waals surface area contributed by atoms with E-state index in [2.05, 4.69) is 94.0 Å². The van der Waals surface area contributed by atoms with Gasteiger partial charge in [-0.05, 0) is 105 Å². The minimum Gasteiger partial charge on any atom is -0.484 e. The number of carbonyl (C=O) groups is 1. The van der Waals surface area contributed by atoms with Gasteiger partial charge in [-0.15, -0.1) is 10.2 Å². The van der Waals surface area contributed by atoms with Gasteiger partial charge in [0.15, 0.2) is 11.5 Å². The molecule has 10 nitrogen and oxygen atoms in total. The molecule has 2 aromatic carbocycles. The number of likely N-dealkylation sites (N-methyl/N-ethyl adjacent to an activating group) is 1. The van der Waals surface area contributed by atoms with Gasteiger partial charge in [0, 0.05) is 18.8 Å². The number of aliphatic hydroxyl groups is 1. The predicted molar refractivity (Wildman–Crippen MR) is 185 cm³/mol. The van der Waals surface area contributed by atoms with Crippen LogP contribution in [0.4, 0.5) is 10.5 Å². The van der Waals surface area contributed by atoms with Gasteiger partial charge in [0.25, 0.3) is 0 Å². The van der Waals surface area contributed by atoms with Crippen molar-refractivity contribution in [1.82, 2.24) is 29.7 Å². The molecule has 4 aromatic rings. The average Bonchev–Trinajstić information content (AvgIpc) is 3.60. The lowest BCUT2D eigenvalue weighted by Crippen LogP contribution is -2.37. The molecule has 3 N–H and O–H groups in total. The number of nitrogens with one attached hydrogen (secondary N) is 2. The van der Waals surface area contributed by atoms with E-state index in [4.69, 9.17) is 4.74 Å². The topological polar surface area (TPSA) is 107 Å². The molecule has 3 atom stereocenters. The van der Waals surface area contributed by atoms with Gasteiger partial charge in [-0.25, -0.2) is 4.79 Å². The van der Waals surface area contributed by atoms with Crippen LogP contribution in [-0.4, -0.2) is 69.3 Å². The first-order valence-corrected chi connectivity index (χ1v) is 16.8. The molecule has 1 saturated heterocycles. The summed E-state index contributed by atoms with van der Waals surface area (Å²) >= 11 is 0. The zero-order valence-corrected chi connectivity index (χ0v) is 28.6. The summed E-state index contributed by atoms with van der Waals surface area (Å²) in [7, 11) is 4.13. The second-order valence-electron chi connectivity index (χ2n) is 14.5. The molecule has 0 spiro atoms. The van der Waals surface area contributed by atoms with E-state index in [9.17, 15) is 9.90 Å². The van der Waals surface area contributed by atoms with Crippen molar-refractivity contribution in [3.63, 3.8) is 0 Å². The van der Waals surface area contributed by atoms with E-state index in [0.717, 1.165) is 77.4 Å². The van der Waals surface area contributed by atoms with Crippen LogP contribution < -0.4 is 15.4 Å². The normalized spacial score (nSPS) is 21.6. The van der Waals surface area contributed by atoms with Crippen LogP contribution in [-0.2, 0) is 17.5 Å². The first kappa shape index (κ1) is 32.9. The lowest BCUT2D eigenvalue weighted by atomic mass is 9.85. The van der Waals surface area contributed by atoms with Gasteiger partial charge in [0.1, 0.15) is 11.9 Å². The predicted octanol–water partition coefficient (Wildman–Crippen LogP) is 6.17. The standard InChI is InChI=1S/C37H49N7O3/c1-36(2,3)26-20-25(23-42(5)18-19-45)21-27(22-26)38-35(46)39-31-13-14-32(30-11-8-7-10-29(30)31)47-28-12-15-33-40-41-34(44(33)24-28)37(4)16-9-17-43(37)6/h7-8,10-12,15,20-22,24,31-32,45H,9,13-14,16-19,23H2,1-6H3,(H2,38,39,46)/t31-,32+,37?/m0/s1. The Hall–Kier alpha value is -3.99. The maximum absolute atomic E-state index is 13.4. The van der Waals surface area contributed by atoms with Gasteiger partial charge in [-0.3, -0.25) is 14.2 Å². The molecule has 3 heterocycles. The Morgan fingerprint density at radius 2 is 1.89 bits per heavy atom. The fraction of sp³-hybridized carbons (Fsp3) is 0.486. The number of hydrogen-bond acceptors (Lipinski definition) is 7. The van der Waals surface area contributed by atoms with E-state index in [0.29, 0.717) is 13.1 Å². The van der Waals surface area contributed by atoms with Crippen molar-refractivity contribution in [3.05, 3.63) is 88.9 Å². The number of aromatic nitrogens is 3. The fourth-order valence-corrected chi connectivity index (χ4v) is 7.05. The van der Waals surface area contributed by atoms with Crippen molar-refractivity contribution in [2.45, 2.75) is 83.0 Å². The molecule has 0 saturated carbocycles. The number of anilines is 1. The molecule has 2 aliphatic rings. The van der Waals surface area contributed by atoms with Crippen LogP contribution in [0.25, 0.3) is 5.65 Å². The van der Waals surface area contributed by atoms with Gasteiger partial charge >= 0.3 is 6.03 Å². The molecule has 250 valence electrons. The maximum Gasteiger partial charge on any atom is 0.319 e. The van der Waals surface area contributed by atoms with E-state index < -0.39 is 0 Å². The number of nitrogens with zero attached hydrogens (tertiary/aromatic N) is 5. The summed E-state index contributed by atoms with van der Waals surface area (Å²) in [6.45, 7) is 11.2. The van der Waals surface area contributed by atoms with Crippen LogP contribution in [0.3, 0.4) is 0 Å². The monoisotopic (exact) mass is 639 g/mol. The molecule has 1 unspecified atom stereocenters. The van der Waals surface area contributed by atoms with Crippen molar-refractivity contribution in [3.8, 4) is 5.75 Å². The number of amides is 2. The summed E-state index contributed by atoms with van der Waals surface area (Å²) < 4.78 is 8.73. The van der Waals surface area contributed by atoms with Gasteiger partial charge in [0.05, 0.1) is 24.4 Å². The molecule has 1 aliphatic carbocycles. The van der Waals surface area contributed by atoms with E-state index in [-0.39, 0.29) is 35.7 Å². The largest absolute Gasteiger partial charge is 0.484 e. The Morgan fingerprint density at radius 1 is 1.11 bits per heavy atom. The van der Waals surface area contributed by atoms with Crippen molar-refractivity contribution in [2.75, 3.05) is 39.1 Å². The van der Waals surface area contributed by atoms with E-state index in [1.807, 2.05) is 43.6 Å². The second-order valence-corrected chi connectivity index (χ2v) is 14.5. The third-order valence-electron chi connectivity index (χ3n) is 9.93. The Labute approximate surface area is 278 Å². The van der Waals surface area contributed by atoms with Crippen molar-refractivity contribution in [1.29, 1.82) is 0 Å². The third kappa shape index (κ3) is 7.00. The summed E-state index contributed by atoms with van der Waals surface area (Å²) in [5.41, 5.74) is 5.71. The molecule has 47 heavy (non-hydrogen) atoms. The number of likely N-dealkylation sites (tertiary alicyclic amines) is 1. The zero-order chi connectivity index (χ0) is 33.3. The second kappa shape index (κ2) is 13.3. The highest BCUT2D eigenvalue weighted by atomic mass is 16.5. The van der Waals surface area contributed by atoms with Gasteiger partial charge in [-0.2, -0.15) is 0 Å². The smallest absolute Gasteiger partial charge is 0.319 e. The molecule has 2 amide bonds. The van der Waals surface area contributed by atoms with Crippen LogP contribution >= 0.6 is 0 Å². The Kier molecular flexibility index (Phi) is 9.29. The zero-order valence-electron chi connectivity index (χ0n) is 28.6. The molecule has 0 bridgehead atoms.